The Balaban J connectivity index is 1.88. The van der Waals surface area contributed by atoms with E-state index in [9.17, 15) is 4.79 Å². The topological polar surface area (TPSA) is 36.7 Å². The SMILES string of the molecule is Cc1ccc(/C=C2/C(=O)N(C3CCCCC3)C(=S)N2C)o1. The lowest BCUT2D eigenvalue weighted by molar-refractivity contribution is -0.124. The Labute approximate surface area is 130 Å². The van der Waals surface area contributed by atoms with Crippen LogP contribution in [0.2, 0.25) is 0 Å². The van der Waals surface area contributed by atoms with Crippen LogP contribution in [-0.2, 0) is 4.79 Å². The highest BCUT2D eigenvalue weighted by Crippen LogP contribution is 2.30. The summed E-state index contributed by atoms with van der Waals surface area (Å²) in [5.74, 6) is 1.53. The van der Waals surface area contributed by atoms with Crippen molar-refractivity contribution < 1.29 is 9.21 Å². The summed E-state index contributed by atoms with van der Waals surface area (Å²) in [5.41, 5.74) is 0.597. The average molecular weight is 304 g/mol. The largest absolute Gasteiger partial charge is 0.462 e. The van der Waals surface area contributed by atoms with Crippen LogP contribution in [-0.4, -0.2) is 33.9 Å². The Bertz CT molecular complexity index is 599. The van der Waals surface area contributed by atoms with E-state index in [1.54, 1.807) is 15.9 Å². The molecule has 1 saturated heterocycles. The van der Waals surface area contributed by atoms with Crippen LogP contribution in [0, 0.1) is 6.92 Å². The predicted molar refractivity (Wildman–Crippen MR) is 85.5 cm³/mol. The number of carbonyl (C=O) groups excluding carboxylic acids is 1. The number of hydrogen-bond acceptors (Lipinski definition) is 3. The first kappa shape index (κ1) is 14.3. The molecule has 1 amide bonds. The van der Waals surface area contributed by atoms with Crippen molar-refractivity contribution >= 4 is 29.3 Å². The molecule has 2 fully saturated rings. The fourth-order valence-corrected chi connectivity index (χ4v) is 3.43. The van der Waals surface area contributed by atoms with Crippen LogP contribution in [0.15, 0.2) is 22.2 Å². The molecule has 0 unspecified atom stereocenters. The lowest BCUT2D eigenvalue weighted by Crippen LogP contribution is -2.41. The Kier molecular flexibility index (Phi) is 3.85. The van der Waals surface area contributed by atoms with Gasteiger partial charge in [-0.25, -0.2) is 0 Å². The van der Waals surface area contributed by atoms with E-state index in [0.29, 0.717) is 16.6 Å². The van der Waals surface area contributed by atoms with E-state index in [4.69, 9.17) is 16.6 Å². The van der Waals surface area contributed by atoms with Gasteiger partial charge in [0.05, 0.1) is 0 Å². The number of amides is 1. The van der Waals surface area contributed by atoms with Crippen molar-refractivity contribution in [2.24, 2.45) is 0 Å². The van der Waals surface area contributed by atoms with Gasteiger partial charge in [-0.1, -0.05) is 19.3 Å². The maximum Gasteiger partial charge on any atom is 0.277 e. The van der Waals surface area contributed by atoms with E-state index in [1.807, 2.05) is 26.1 Å². The minimum atomic E-state index is 0.00320. The fourth-order valence-electron chi connectivity index (χ4n) is 3.10. The number of furan rings is 1. The molecule has 21 heavy (non-hydrogen) atoms. The standard InChI is InChI=1S/C16H20N2O2S/c1-11-8-9-13(20-11)10-14-15(19)18(16(21)17(14)2)12-6-4-3-5-7-12/h8-10,12H,3-7H2,1-2H3/b14-10-. The molecule has 1 aromatic rings. The van der Waals surface area contributed by atoms with E-state index in [2.05, 4.69) is 0 Å². The lowest BCUT2D eigenvalue weighted by atomic mass is 9.94. The number of hydrogen-bond donors (Lipinski definition) is 0. The minimum Gasteiger partial charge on any atom is -0.462 e. The van der Waals surface area contributed by atoms with E-state index in [-0.39, 0.29) is 11.9 Å². The predicted octanol–water partition coefficient (Wildman–Crippen LogP) is 3.32. The van der Waals surface area contributed by atoms with Gasteiger partial charge in [0.15, 0.2) is 5.11 Å². The Hall–Kier alpha value is -1.62. The monoisotopic (exact) mass is 304 g/mol. The summed E-state index contributed by atoms with van der Waals surface area (Å²) in [6.45, 7) is 1.89. The van der Waals surface area contributed by atoms with Crippen LogP contribution in [0.5, 0.6) is 0 Å². The van der Waals surface area contributed by atoms with Crippen LogP contribution >= 0.6 is 12.2 Å². The molecule has 2 heterocycles. The first-order chi connectivity index (χ1) is 10.1. The van der Waals surface area contributed by atoms with E-state index in [1.165, 1.54) is 19.3 Å². The molecule has 1 aliphatic heterocycles. The molecule has 0 N–H and O–H groups in total. The van der Waals surface area contributed by atoms with Crippen molar-refractivity contribution in [3.05, 3.63) is 29.4 Å². The van der Waals surface area contributed by atoms with Gasteiger partial charge in [-0.2, -0.15) is 0 Å². The second-order valence-electron chi connectivity index (χ2n) is 5.79. The molecular weight excluding hydrogens is 284 g/mol. The van der Waals surface area contributed by atoms with Crippen LogP contribution in [0.25, 0.3) is 6.08 Å². The normalized spacial score (nSPS) is 22.7. The highest BCUT2D eigenvalue weighted by atomic mass is 32.1. The molecule has 2 aliphatic rings. The summed E-state index contributed by atoms with van der Waals surface area (Å²) in [4.78, 5) is 16.3. The first-order valence-corrected chi connectivity index (χ1v) is 7.88. The van der Waals surface area contributed by atoms with Gasteiger partial charge in [0.2, 0.25) is 0 Å². The van der Waals surface area contributed by atoms with Crippen molar-refractivity contribution in [3.8, 4) is 0 Å². The van der Waals surface area contributed by atoms with Gasteiger partial charge in [-0.05, 0) is 44.1 Å². The van der Waals surface area contributed by atoms with Crippen LogP contribution in [0.1, 0.15) is 43.6 Å². The quantitative estimate of drug-likeness (QED) is 0.620. The third-order valence-corrected chi connectivity index (χ3v) is 4.74. The second kappa shape index (κ2) is 5.64. The maximum atomic E-state index is 12.7. The number of nitrogens with zero attached hydrogens (tertiary/aromatic N) is 2. The molecular formula is C16H20N2O2S. The highest BCUT2D eigenvalue weighted by molar-refractivity contribution is 7.80. The summed E-state index contributed by atoms with van der Waals surface area (Å²) in [5, 5.41) is 0.612. The summed E-state index contributed by atoms with van der Waals surface area (Å²) in [6, 6.07) is 4.02. The van der Waals surface area contributed by atoms with E-state index < -0.39 is 0 Å². The average Bonchev–Trinajstić information content (AvgIpc) is 2.98. The van der Waals surface area contributed by atoms with E-state index >= 15 is 0 Å². The van der Waals surface area contributed by atoms with Gasteiger partial charge in [0, 0.05) is 19.2 Å². The summed E-state index contributed by atoms with van der Waals surface area (Å²) in [7, 11) is 1.85. The minimum absolute atomic E-state index is 0.00320. The summed E-state index contributed by atoms with van der Waals surface area (Å²) < 4.78 is 5.54. The third kappa shape index (κ3) is 2.62. The molecule has 4 nitrogen and oxygen atoms in total. The highest BCUT2D eigenvalue weighted by Gasteiger charge is 2.40. The Morgan fingerprint density at radius 1 is 1.29 bits per heavy atom. The van der Waals surface area contributed by atoms with Gasteiger partial charge < -0.3 is 9.32 Å². The second-order valence-corrected chi connectivity index (χ2v) is 6.15. The molecule has 0 spiro atoms. The Morgan fingerprint density at radius 2 is 2.00 bits per heavy atom. The molecule has 0 atom stereocenters. The third-order valence-electron chi connectivity index (χ3n) is 4.27. The molecule has 1 aromatic heterocycles. The van der Waals surface area contributed by atoms with Crippen molar-refractivity contribution in [2.45, 2.75) is 45.1 Å². The number of aryl methyl sites for hydroxylation is 1. The van der Waals surface area contributed by atoms with Gasteiger partial charge >= 0.3 is 0 Å². The first-order valence-electron chi connectivity index (χ1n) is 7.47. The van der Waals surface area contributed by atoms with Gasteiger partial charge in [0.1, 0.15) is 17.2 Å². The van der Waals surface area contributed by atoms with Crippen molar-refractivity contribution in [1.82, 2.24) is 9.80 Å². The maximum absolute atomic E-state index is 12.7. The number of likely N-dealkylation sites (N-methyl/N-ethyl adjacent to an activating group) is 1. The Morgan fingerprint density at radius 3 is 2.62 bits per heavy atom. The molecule has 112 valence electrons. The molecule has 1 saturated carbocycles. The fraction of sp³-hybridized carbons (Fsp3) is 0.500. The molecule has 5 heteroatoms. The molecule has 0 aromatic carbocycles. The van der Waals surface area contributed by atoms with Crippen molar-refractivity contribution in [1.29, 1.82) is 0 Å². The summed E-state index contributed by atoms with van der Waals surface area (Å²) >= 11 is 5.48. The molecule has 0 radical (unpaired) electrons. The van der Waals surface area contributed by atoms with Crippen molar-refractivity contribution in [2.75, 3.05) is 7.05 Å². The van der Waals surface area contributed by atoms with Crippen LogP contribution in [0.3, 0.4) is 0 Å². The van der Waals surface area contributed by atoms with Crippen molar-refractivity contribution in [3.63, 3.8) is 0 Å². The number of thiocarbonyl (C=S) groups is 1. The van der Waals surface area contributed by atoms with E-state index in [0.717, 1.165) is 18.6 Å². The zero-order valence-corrected chi connectivity index (χ0v) is 13.3. The lowest BCUT2D eigenvalue weighted by Gasteiger charge is -2.30. The number of carbonyl (C=O) groups is 1. The van der Waals surface area contributed by atoms with Gasteiger partial charge in [0.25, 0.3) is 5.91 Å². The zero-order chi connectivity index (χ0) is 15.0. The molecule has 1 aliphatic carbocycles. The van der Waals surface area contributed by atoms with Crippen LogP contribution < -0.4 is 0 Å². The van der Waals surface area contributed by atoms with Crippen LogP contribution in [0.4, 0.5) is 0 Å². The zero-order valence-electron chi connectivity index (χ0n) is 12.5. The van der Waals surface area contributed by atoms with Gasteiger partial charge in [-0.15, -0.1) is 0 Å². The number of rotatable bonds is 2. The molecule has 0 bridgehead atoms. The van der Waals surface area contributed by atoms with Gasteiger partial charge in [-0.3, -0.25) is 9.69 Å². The smallest absolute Gasteiger partial charge is 0.277 e. The summed E-state index contributed by atoms with van der Waals surface area (Å²) in [6.07, 6.45) is 7.49. The molecule has 3 rings (SSSR count).